The molecule has 0 atom stereocenters. The zero-order valence-corrected chi connectivity index (χ0v) is 11.4. The van der Waals surface area contributed by atoms with Gasteiger partial charge in [-0.25, -0.2) is 5.10 Å². The van der Waals surface area contributed by atoms with Crippen LogP contribution in [0.4, 0.5) is 5.95 Å². The third-order valence-electron chi connectivity index (χ3n) is 2.65. The number of pyridine rings is 1. The smallest absolute Gasteiger partial charge is 0.225 e. The first kappa shape index (κ1) is 12.8. The summed E-state index contributed by atoms with van der Waals surface area (Å²) in [7, 11) is 1.99. The molecule has 0 amide bonds. The molecular formula is C12H17N5S. The molecule has 2 heterocycles. The van der Waals surface area contributed by atoms with E-state index in [2.05, 4.69) is 22.1 Å². The summed E-state index contributed by atoms with van der Waals surface area (Å²) in [4.78, 5) is 6.36. The predicted molar refractivity (Wildman–Crippen MR) is 74.0 cm³/mol. The van der Waals surface area contributed by atoms with E-state index in [-0.39, 0.29) is 0 Å². The van der Waals surface area contributed by atoms with Gasteiger partial charge < -0.3 is 4.90 Å². The fraction of sp³-hybridized carbons (Fsp3) is 0.417. The Kier molecular flexibility index (Phi) is 4.09. The van der Waals surface area contributed by atoms with Crippen molar-refractivity contribution in [1.82, 2.24) is 19.7 Å². The summed E-state index contributed by atoms with van der Waals surface area (Å²) in [5, 5.41) is 7.12. The van der Waals surface area contributed by atoms with E-state index in [0.717, 1.165) is 24.6 Å². The molecule has 0 fully saturated rings. The second kappa shape index (κ2) is 5.77. The second-order valence-corrected chi connectivity index (χ2v) is 4.54. The molecule has 1 N–H and O–H groups in total. The molecule has 6 heteroatoms. The van der Waals surface area contributed by atoms with Crippen molar-refractivity contribution in [2.75, 3.05) is 11.9 Å². The van der Waals surface area contributed by atoms with Crippen LogP contribution in [0.1, 0.15) is 19.0 Å². The molecule has 0 spiro atoms. The Morgan fingerprint density at radius 3 is 2.94 bits per heavy atom. The van der Waals surface area contributed by atoms with Gasteiger partial charge in [-0.05, 0) is 30.8 Å². The number of nitrogens with one attached hydrogen (secondary N) is 1. The van der Waals surface area contributed by atoms with Crippen LogP contribution in [-0.2, 0) is 13.1 Å². The highest BCUT2D eigenvalue weighted by atomic mass is 32.1. The number of H-pyrrole nitrogens is 1. The van der Waals surface area contributed by atoms with Crippen LogP contribution < -0.4 is 4.90 Å². The largest absolute Gasteiger partial charge is 0.338 e. The average Bonchev–Trinajstić information content (AvgIpc) is 2.73. The molecule has 96 valence electrons. The Morgan fingerprint density at radius 1 is 1.44 bits per heavy atom. The fourth-order valence-electron chi connectivity index (χ4n) is 1.83. The summed E-state index contributed by atoms with van der Waals surface area (Å²) >= 11 is 5.22. The number of hydrogen-bond acceptors (Lipinski definition) is 4. The highest BCUT2D eigenvalue weighted by Crippen LogP contribution is 2.12. The number of hydrogen-bond donors (Lipinski definition) is 1. The minimum absolute atomic E-state index is 0.666. The van der Waals surface area contributed by atoms with E-state index < -0.39 is 0 Å². The van der Waals surface area contributed by atoms with Crippen LogP contribution in [0.3, 0.4) is 0 Å². The molecule has 0 radical (unpaired) electrons. The molecule has 0 saturated heterocycles. The Balaban J connectivity index is 2.19. The van der Waals surface area contributed by atoms with E-state index in [4.69, 9.17) is 12.2 Å². The molecular weight excluding hydrogens is 246 g/mol. The van der Waals surface area contributed by atoms with Crippen molar-refractivity contribution in [1.29, 1.82) is 0 Å². The zero-order chi connectivity index (χ0) is 13.0. The molecule has 5 nitrogen and oxygen atoms in total. The van der Waals surface area contributed by atoms with Gasteiger partial charge in [-0.15, -0.1) is 5.10 Å². The highest BCUT2D eigenvalue weighted by Gasteiger charge is 2.11. The third-order valence-corrected chi connectivity index (χ3v) is 2.96. The van der Waals surface area contributed by atoms with E-state index >= 15 is 0 Å². The number of rotatable bonds is 5. The lowest BCUT2D eigenvalue weighted by atomic mass is 10.3. The van der Waals surface area contributed by atoms with Crippen molar-refractivity contribution in [2.24, 2.45) is 0 Å². The van der Waals surface area contributed by atoms with Gasteiger partial charge in [0.1, 0.15) is 0 Å². The second-order valence-electron chi connectivity index (χ2n) is 4.16. The highest BCUT2D eigenvalue weighted by molar-refractivity contribution is 7.71. The van der Waals surface area contributed by atoms with E-state index in [9.17, 15) is 0 Å². The lowest BCUT2D eigenvalue weighted by molar-refractivity contribution is 0.653. The minimum atomic E-state index is 0.666. The lowest BCUT2D eigenvalue weighted by Gasteiger charge is -2.18. The van der Waals surface area contributed by atoms with Crippen molar-refractivity contribution in [3.63, 3.8) is 0 Å². The minimum Gasteiger partial charge on any atom is -0.338 e. The van der Waals surface area contributed by atoms with E-state index in [0.29, 0.717) is 11.3 Å². The standard InChI is InChI=1S/C12H17N5S/c1-3-8-17-11(14-15-12(17)18)16(2)9-10-6-4-5-7-13-10/h4-7H,3,8-9H2,1-2H3,(H,15,18). The molecule has 0 saturated carbocycles. The van der Waals surface area contributed by atoms with Crippen LogP contribution in [0.25, 0.3) is 0 Å². The van der Waals surface area contributed by atoms with Crippen molar-refractivity contribution in [3.05, 3.63) is 34.9 Å². The first-order valence-electron chi connectivity index (χ1n) is 5.98. The Morgan fingerprint density at radius 2 is 2.28 bits per heavy atom. The fourth-order valence-corrected chi connectivity index (χ4v) is 2.05. The number of nitrogens with zero attached hydrogens (tertiary/aromatic N) is 4. The maximum atomic E-state index is 5.22. The first-order chi connectivity index (χ1) is 8.72. The number of anilines is 1. The maximum absolute atomic E-state index is 5.22. The van der Waals surface area contributed by atoms with Crippen LogP contribution >= 0.6 is 12.2 Å². The molecule has 2 rings (SSSR count). The molecule has 18 heavy (non-hydrogen) atoms. The topological polar surface area (TPSA) is 49.7 Å². The van der Waals surface area contributed by atoms with Gasteiger partial charge in [-0.1, -0.05) is 13.0 Å². The SMILES string of the molecule is CCCn1c(N(C)Cc2ccccn2)n[nH]c1=S. The van der Waals surface area contributed by atoms with Crippen LogP contribution in [0.2, 0.25) is 0 Å². The van der Waals surface area contributed by atoms with Crippen molar-refractivity contribution >= 4 is 18.2 Å². The normalized spacial score (nSPS) is 10.6. The summed E-state index contributed by atoms with van der Waals surface area (Å²) in [5.41, 5.74) is 1.01. The summed E-state index contributed by atoms with van der Waals surface area (Å²) < 4.78 is 2.68. The zero-order valence-electron chi connectivity index (χ0n) is 10.6. The molecule has 0 bridgehead atoms. The van der Waals surface area contributed by atoms with Gasteiger partial charge in [0.25, 0.3) is 0 Å². The molecule has 2 aromatic heterocycles. The third kappa shape index (κ3) is 2.76. The van der Waals surface area contributed by atoms with Crippen LogP contribution in [-0.4, -0.2) is 26.8 Å². The van der Waals surface area contributed by atoms with E-state index in [1.165, 1.54) is 0 Å². The van der Waals surface area contributed by atoms with Crippen LogP contribution in [0, 0.1) is 4.77 Å². The van der Waals surface area contributed by atoms with Crippen LogP contribution in [0.5, 0.6) is 0 Å². The van der Waals surface area contributed by atoms with Crippen molar-refractivity contribution in [3.8, 4) is 0 Å². The van der Waals surface area contributed by atoms with Gasteiger partial charge in [-0.3, -0.25) is 9.55 Å². The summed E-state index contributed by atoms with van der Waals surface area (Å²) in [5.74, 6) is 0.854. The summed E-state index contributed by atoms with van der Waals surface area (Å²) in [6.07, 6.45) is 2.82. The van der Waals surface area contributed by atoms with Crippen molar-refractivity contribution < 1.29 is 0 Å². The lowest BCUT2D eigenvalue weighted by Crippen LogP contribution is -2.21. The molecule has 0 aliphatic heterocycles. The van der Waals surface area contributed by atoms with Gasteiger partial charge in [0.05, 0.1) is 12.2 Å². The Hall–Kier alpha value is -1.69. The summed E-state index contributed by atoms with van der Waals surface area (Å²) in [6.45, 7) is 3.71. The molecule has 0 aliphatic rings. The van der Waals surface area contributed by atoms with Crippen LogP contribution in [0.15, 0.2) is 24.4 Å². The molecule has 2 aromatic rings. The Labute approximate surface area is 111 Å². The average molecular weight is 263 g/mol. The molecule has 0 aliphatic carbocycles. The van der Waals surface area contributed by atoms with Gasteiger partial charge in [0.15, 0.2) is 4.77 Å². The van der Waals surface area contributed by atoms with E-state index in [1.807, 2.05) is 34.7 Å². The maximum Gasteiger partial charge on any atom is 0.225 e. The quantitative estimate of drug-likeness (QED) is 0.841. The molecule has 0 unspecified atom stereocenters. The first-order valence-corrected chi connectivity index (χ1v) is 6.39. The number of aromatic nitrogens is 4. The summed E-state index contributed by atoms with van der Waals surface area (Å²) in [6, 6.07) is 5.90. The monoisotopic (exact) mass is 263 g/mol. The van der Waals surface area contributed by atoms with Gasteiger partial charge in [-0.2, -0.15) is 0 Å². The van der Waals surface area contributed by atoms with Gasteiger partial charge in [0, 0.05) is 19.8 Å². The van der Waals surface area contributed by atoms with Crippen molar-refractivity contribution in [2.45, 2.75) is 26.4 Å². The number of aromatic amines is 1. The van der Waals surface area contributed by atoms with Gasteiger partial charge >= 0.3 is 0 Å². The van der Waals surface area contributed by atoms with Gasteiger partial charge in [0.2, 0.25) is 5.95 Å². The molecule has 0 aromatic carbocycles. The van der Waals surface area contributed by atoms with E-state index in [1.54, 1.807) is 6.20 Å². The predicted octanol–water partition coefficient (Wildman–Crippen LogP) is 2.38. The Bertz CT molecular complexity index is 545.